The first-order chi connectivity index (χ1) is 5.77. The van der Waals surface area contributed by atoms with Crippen LogP contribution < -0.4 is 0 Å². The second-order valence-electron chi connectivity index (χ2n) is 3.30. The Morgan fingerprint density at radius 3 is 3.17 bits per heavy atom. The van der Waals surface area contributed by atoms with Crippen molar-refractivity contribution in [3.63, 3.8) is 0 Å². The fourth-order valence-corrected chi connectivity index (χ4v) is 1.64. The summed E-state index contributed by atoms with van der Waals surface area (Å²) in [5.74, 6) is 1.14. The van der Waals surface area contributed by atoms with Crippen molar-refractivity contribution < 1.29 is 9.53 Å². The summed E-state index contributed by atoms with van der Waals surface area (Å²) >= 11 is 0. The molecule has 12 heavy (non-hydrogen) atoms. The highest BCUT2D eigenvalue weighted by Crippen LogP contribution is 2.28. The van der Waals surface area contributed by atoms with Crippen molar-refractivity contribution in [3.05, 3.63) is 23.5 Å². The minimum Gasteiger partial charge on any atom is -0.490 e. The zero-order valence-corrected chi connectivity index (χ0v) is 7.17. The van der Waals surface area contributed by atoms with Crippen molar-refractivity contribution in [1.29, 1.82) is 0 Å². The molecular formula is C10H12O2. The third-order valence-electron chi connectivity index (χ3n) is 2.27. The highest BCUT2D eigenvalue weighted by molar-refractivity contribution is 5.99. The van der Waals surface area contributed by atoms with Crippen LogP contribution in [0, 0.1) is 0 Å². The molecule has 0 radical (unpaired) electrons. The highest BCUT2D eigenvalue weighted by atomic mass is 16.5. The van der Waals surface area contributed by atoms with Crippen molar-refractivity contribution >= 4 is 5.78 Å². The van der Waals surface area contributed by atoms with Crippen LogP contribution in [-0.4, -0.2) is 11.9 Å². The molecule has 0 spiro atoms. The van der Waals surface area contributed by atoms with Gasteiger partial charge in [0.2, 0.25) is 0 Å². The van der Waals surface area contributed by atoms with E-state index in [0.29, 0.717) is 6.42 Å². The number of hydrogen-bond acceptors (Lipinski definition) is 2. The first-order valence-electron chi connectivity index (χ1n) is 4.38. The molecule has 0 N–H and O–H groups in total. The Hall–Kier alpha value is -1.05. The normalized spacial score (nSPS) is 28.4. The minimum atomic E-state index is 0.134. The van der Waals surface area contributed by atoms with E-state index >= 15 is 0 Å². The van der Waals surface area contributed by atoms with E-state index in [0.717, 1.165) is 24.2 Å². The summed E-state index contributed by atoms with van der Waals surface area (Å²) < 4.78 is 5.53. The third kappa shape index (κ3) is 1.17. The van der Waals surface area contributed by atoms with Gasteiger partial charge >= 0.3 is 0 Å². The van der Waals surface area contributed by atoms with Gasteiger partial charge in [0, 0.05) is 12.8 Å². The third-order valence-corrected chi connectivity index (χ3v) is 2.27. The van der Waals surface area contributed by atoms with Gasteiger partial charge in [0.25, 0.3) is 0 Å². The second-order valence-corrected chi connectivity index (χ2v) is 3.30. The number of carbonyl (C=O) groups is 1. The molecular weight excluding hydrogens is 152 g/mol. The first-order valence-corrected chi connectivity index (χ1v) is 4.38. The maximum absolute atomic E-state index is 11.3. The van der Waals surface area contributed by atoms with E-state index in [-0.39, 0.29) is 11.9 Å². The SMILES string of the molecule is CC1C=CC2=C(CCCC2=O)O1. The Morgan fingerprint density at radius 2 is 2.33 bits per heavy atom. The monoisotopic (exact) mass is 164 g/mol. The Balaban J connectivity index is 2.31. The van der Waals surface area contributed by atoms with Gasteiger partial charge in [-0.1, -0.05) is 0 Å². The molecule has 0 bridgehead atoms. The molecule has 1 unspecified atom stereocenters. The number of ether oxygens (including phenoxy) is 1. The lowest BCUT2D eigenvalue weighted by Gasteiger charge is -2.24. The van der Waals surface area contributed by atoms with Gasteiger partial charge in [0.1, 0.15) is 11.9 Å². The number of carbonyl (C=O) groups excluding carboxylic acids is 1. The first kappa shape index (κ1) is 7.59. The zero-order chi connectivity index (χ0) is 8.55. The smallest absolute Gasteiger partial charge is 0.166 e. The highest BCUT2D eigenvalue weighted by Gasteiger charge is 2.23. The number of hydrogen-bond donors (Lipinski definition) is 0. The van der Waals surface area contributed by atoms with Crippen LogP contribution >= 0.6 is 0 Å². The quantitative estimate of drug-likeness (QED) is 0.547. The van der Waals surface area contributed by atoms with Crippen LogP contribution in [0.5, 0.6) is 0 Å². The van der Waals surface area contributed by atoms with Gasteiger partial charge in [0.05, 0.1) is 5.57 Å². The predicted molar refractivity (Wildman–Crippen MR) is 45.6 cm³/mol. The van der Waals surface area contributed by atoms with Crippen LogP contribution in [0.15, 0.2) is 23.5 Å². The van der Waals surface area contributed by atoms with Gasteiger partial charge in [-0.2, -0.15) is 0 Å². The van der Waals surface area contributed by atoms with Crippen molar-refractivity contribution in [2.75, 3.05) is 0 Å². The van der Waals surface area contributed by atoms with Gasteiger partial charge < -0.3 is 4.74 Å². The lowest BCUT2D eigenvalue weighted by Crippen LogP contribution is -2.18. The number of allylic oxidation sites excluding steroid dienone is 3. The van der Waals surface area contributed by atoms with Crippen LogP contribution in [0.2, 0.25) is 0 Å². The molecule has 0 saturated heterocycles. The lowest BCUT2D eigenvalue weighted by atomic mass is 9.94. The molecule has 0 saturated carbocycles. The molecule has 2 nitrogen and oxygen atoms in total. The topological polar surface area (TPSA) is 26.3 Å². The van der Waals surface area contributed by atoms with Crippen molar-refractivity contribution in [3.8, 4) is 0 Å². The van der Waals surface area contributed by atoms with Gasteiger partial charge in [0.15, 0.2) is 5.78 Å². The molecule has 2 rings (SSSR count). The molecule has 2 aliphatic rings. The Morgan fingerprint density at radius 1 is 1.50 bits per heavy atom. The van der Waals surface area contributed by atoms with Crippen LogP contribution in [0.1, 0.15) is 26.2 Å². The minimum absolute atomic E-state index is 0.134. The van der Waals surface area contributed by atoms with Crippen LogP contribution in [0.4, 0.5) is 0 Å². The largest absolute Gasteiger partial charge is 0.490 e. The van der Waals surface area contributed by atoms with E-state index < -0.39 is 0 Å². The molecule has 0 fully saturated rings. The molecule has 0 amide bonds. The average Bonchev–Trinajstić information content (AvgIpc) is 2.04. The Kier molecular flexibility index (Phi) is 1.75. The second kappa shape index (κ2) is 2.77. The molecule has 1 atom stereocenters. The van der Waals surface area contributed by atoms with E-state index in [2.05, 4.69) is 0 Å². The molecule has 1 heterocycles. The van der Waals surface area contributed by atoms with Crippen LogP contribution in [0.25, 0.3) is 0 Å². The standard InChI is InChI=1S/C10H12O2/c1-7-5-6-8-9(11)3-2-4-10(8)12-7/h5-7H,2-4H2,1H3. The van der Waals surface area contributed by atoms with Gasteiger partial charge in [-0.15, -0.1) is 0 Å². The maximum atomic E-state index is 11.3. The average molecular weight is 164 g/mol. The summed E-state index contributed by atoms with van der Waals surface area (Å²) in [6.07, 6.45) is 6.52. The van der Waals surface area contributed by atoms with Gasteiger partial charge in [-0.05, 0) is 25.5 Å². The van der Waals surface area contributed by atoms with Crippen LogP contribution in [0.3, 0.4) is 0 Å². The number of ketones is 1. The summed E-state index contributed by atoms with van der Waals surface area (Å²) in [5.41, 5.74) is 0.805. The van der Waals surface area contributed by atoms with Crippen molar-refractivity contribution in [2.24, 2.45) is 0 Å². The van der Waals surface area contributed by atoms with E-state index in [4.69, 9.17) is 4.74 Å². The van der Waals surface area contributed by atoms with Gasteiger partial charge in [-0.25, -0.2) is 0 Å². The molecule has 0 aromatic carbocycles. The summed E-state index contributed by atoms with van der Waals surface area (Å²) in [4.78, 5) is 11.3. The summed E-state index contributed by atoms with van der Waals surface area (Å²) in [7, 11) is 0. The van der Waals surface area contributed by atoms with E-state index in [1.807, 2.05) is 19.1 Å². The van der Waals surface area contributed by atoms with Gasteiger partial charge in [-0.3, -0.25) is 4.79 Å². The van der Waals surface area contributed by atoms with E-state index in [1.165, 1.54) is 0 Å². The fourth-order valence-electron chi connectivity index (χ4n) is 1.64. The molecule has 0 aromatic rings. The molecule has 2 heteroatoms. The number of Topliss-reactive ketones (excluding diaryl/α,β-unsaturated/α-hetero) is 1. The summed E-state index contributed by atoms with van der Waals surface area (Å²) in [6, 6.07) is 0. The van der Waals surface area contributed by atoms with Crippen LogP contribution in [-0.2, 0) is 9.53 Å². The fraction of sp³-hybridized carbons (Fsp3) is 0.500. The Bertz CT molecular complexity index is 274. The predicted octanol–water partition coefficient (Wildman–Crippen LogP) is 1.97. The maximum Gasteiger partial charge on any atom is 0.166 e. The summed E-state index contributed by atoms with van der Waals surface area (Å²) in [5, 5.41) is 0. The molecule has 64 valence electrons. The molecule has 0 aromatic heterocycles. The van der Waals surface area contributed by atoms with Crippen molar-refractivity contribution in [2.45, 2.75) is 32.3 Å². The Labute approximate surface area is 71.9 Å². The number of rotatable bonds is 0. The van der Waals surface area contributed by atoms with E-state index in [1.54, 1.807) is 0 Å². The lowest BCUT2D eigenvalue weighted by molar-refractivity contribution is -0.116. The molecule has 1 aliphatic carbocycles. The molecule has 1 aliphatic heterocycles. The van der Waals surface area contributed by atoms with E-state index in [9.17, 15) is 4.79 Å². The summed E-state index contributed by atoms with van der Waals surface area (Å²) in [6.45, 7) is 1.99. The van der Waals surface area contributed by atoms with Crippen molar-refractivity contribution in [1.82, 2.24) is 0 Å². The zero-order valence-electron chi connectivity index (χ0n) is 7.17.